The van der Waals surface area contributed by atoms with Crippen LogP contribution in [0.1, 0.15) is 13.3 Å². The number of halogens is 2. The van der Waals surface area contributed by atoms with Gasteiger partial charge in [-0.15, -0.1) is 12.4 Å². The molecule has 2 rings (SSSR count). The van der Waals surface area contributed by atoms with Gasteiger partial charge in [0.25, 0.3) is 0 Å². The summed E-state index contributed by atoms with van der Waals surface area (Å²) in [6, 6.07) is 4.66. The first-order valence-electron chi connectivity index (χ1n) is 7.06. The van der Waals surface area contributed by atoms with E-state index in [0.717, 1.165) is 13.0 Å². The van der Waals surface area contributed by atoms with E-state index in [-0.39, 0.29) is 23.2 Å². The summed E-state index contributed by atoms with van der Waals surface area (Å²) in [5.41, 5.74) is 0.556. The highest BCUT2D eigenvalue weighted by Gasteiger charge is 2.32. The molecule has 1 aromatic carbocycles. The summed E-state index contributed by atoms with van der Waals surface area (Å²) in [5.74, 6) is 0.146. The van der Waals surface area contributed by atoms with Crippen LogP contribution in [0.15, 0.2) is 27.6 Å². The van der Waals surface area contributed by atoms with E-state index < -0.39 is 10.0 Å². The number of carbonyl (C=O) groups is 1. The van der Waals surface area contributed by atoms with E-state index in [1.807, 2.05) is 7.05 Å². The van der Waals surface area contributed by atoms with Gasteiger partial charge < -0.3 is 10.6 Å². The largest absolute Gasteiger partial charge is 0.325 e. The number of amides is 1. The SMILES string of the molecule is CNCC1CCN(S(=O)(=O)c2ccc(NC(C)=O)c(Br)c2)C1.Cl. The molecule has 1 amide bonds. The van der Waals surface area contributed by atoms with Crippen LogP contribution in [-0.2, 0) is 14.8 Å². The molecule has 1 atom stereocenters. The van der Waals surface area contributed by atoms with E-state index in [0.29, 0.717) is 29.2 Å². The lowest BCUT2D eigenvalue weighted by molar-refractivity contribution is -0.114. The predicted octanol–water partition coefficient (Wildman–Crippen LogP) is 2.06. The monoisotopic (exact) mass is 425 g/mol. The Kier molecular flexibility index (Phi) is 7.47. The first-order valence-corrected chi connectivity index (χ1v) is 9.29. The zero-order chi connectivity index (χ0) is 16.3. The van der Waals surface area contributed by atoms with Gasteiger partial charge in [0.1, 0.15) is 0 Å². The van der Waals surface area contributed by atoms with Gasteiger partial charge in [0.05, 0.1) is 10.6 Å². The van der Waals surface area contributed by atoms with Crippen molar-refractivity contribution in [3.63, 3.8) is 0 Å². The number of sulfonamides is 1. The molecule has 1 aliphatic heterocycles. The number of nitrogens with zero attached hydrogens (tertiary/aromatic N) is 1. The van der Waals surface area contributed by atoms with Crippen molar-refractivity contribution in [2.75, 3.05) is 32.0 Å². The maximum atomic E-state index is 12.7. The Morgan fingerprint density at radius 2 is 2.13 bits per heavy atom. The second-order valence-corrected chi connectivity index (χ2v) is 8.19. The fourth-order valence-electron chi connectivity index (χ4n) is 2.57. The third-order valence-corrected chi connectivity index (χ3v) is 6.15. The zero-order valence-corrected chi connectivity index (χ0v) is 16.2. The Balaban J connectivity index is 0.00000264. The Morgan fingerprint density at radius 1 is 1.43 bits per heavy atom. The third kappa shape index (κ3) is 4.90. The molecule has 130 valence electrons. The molecular weight excluding hydrogens is 406 g/mol. The lowest BCUT2D eigenvalue weighted by atomic mass is 10.1. The van der Waals surface area contributed by atoms with Crippen LogP contribution in [0.5, 0.6) is 0 Å². The molecule has 0 aromatic heterocycles. The van der Waals surface area contributed by atoms with Crippen LogP contribution in [0.4, 0.5) is 5.69 Å². The number of anilines is 1. The summed E-state index contributed by atoms with van der Waals surface area (Å²) in [6.07, 6.45) is 0.866. The highest BCUT2D eigenvalue weighted by molar-refractivity contribution is 9.10. The molecule has 0 radical (unpaired) electrons. The molecule has 1 fully saturated rings. The van der Waals surface area contributed by atoms with Gasteiger partial charge in [-0.3, -0.25) is 4.79 Å². The molecule has 1 unspecified atom stereocenters. The van der Waals surface area contributed by atoms with Gasteiger partial charge in [-0.25, -0.2) is 8.42 Å². The van der Waals surface area contributed by atoms with E-state index >= 15 is 0 Å². The normalized spacial score (nSPS) is 18.5. The molecule has 1 saturated heterocycles. The van der Waals surface area contributed by atoms with Gasteiger partial charge in [-0.05, 0) is 60.1 Å². The van der Waals surface area contributed by atoms with Crippen molar-refractivity contribution in [1.29, 1.82) is 0 Å². The topological polar surface area (TPSA) is 78.5 Å². The molecule has 23 heavy (non-hydrogen) atoms. The average molecular weight is 427 g/mol. The molecule has 2 N–H and O–H groups in total. The molecule has 0 bridgehead atoms. The molecular formula is C14H21BrClN3O3S. The number of hydrogen-bond acceptors (Lipinski definition) is 4. The summed E-state index contributed by atoms with van der Waals surface area (Å²) >= 11 is 3.31. The maximum Gasteiger partial charge on any atom is 0.243 e. The van der Waals surface area contributed by atoms with Gasteiger partial charge in [0.15, 0.2) is 0 Å². The van der Waals surface area contributed by atoms with Crippen LogP contribution in [0, 0.1) is 5.92 Å². The van der Waals surface area contributed by atoms with Crippen LogP contribution in [0.25, 0.3) is 0 Å². The van der Waals surface area contributed by atoms with Crippen LogP contribution >= 0.6 is 28.3 Å². The average Bonchev–Trinajstić information content (AvgIpc) is 2.90. The van der Waals surface area contributed by atoms with Gasteiger partial charge in [0, 0.05) is 24.5 Å². The van der Waals surface area contributed by atoms with Crippen molar-refractivity contribution < 1.29 is 13.2 Å². The van der Waals surface area contributed by atoms with Crippen molar-refractivity contribution in [3.05, 3.63) is 22.7 Å². The number of benzene rings is 1. The summed E-state index contributed by atoms with van der Waals surface area (Å²) in [5, 5.41) is 5.73. The van der Waals surface area contributed by atoms with Crippen molar-refractivity contribution >= 4 is 50.0 Å². The third-order valence-electron chi connectivity index (χ3n) is 3.63. The Hall–Kier alpha value is -0.670. The van der Waals surface area contributed by atoms with Gasteiger partial charge in [-0.1, -0.05) is 0 Å². The number of carbonyl (C=O) groups excluding carboxylic acids is 1. The predicted molar refractivity (Wildman–Crippen MR) is 96.5 cm³/mol. The Morgan fingerprint density at radius 3 is 2.70 bits per heavy atom. The first kappa shape index (κ1) is 20.4. The molecule has 6 nitrogen and oxygen atoms in total. The van der Waals surface area contributed by atoms with Crippen LogP contribution < -0.4 is 10.6 Å². The standard InChI is InChI=1S/C14H20BrN3O3S.ClH/c1-10(19)17-14-4-3-12(7-13(14)15)22(20,21)18-6-5-11(9-18)8-16-2;/h3-4,7,11,16H,5-6,8-9H2,1-2H3,(H,17,19);1H. The number of hydrogen-bond donors (Lipinski definition) is 2. The second kappa shape index (κ2) is 8.43. The summed E-state index contributed by atoms with van der Waals surface area (Å²) in [7, 11) is -1.62. The zero-order valence-electron chi connectivity index (χ0n) is 13.0. The smallest absolute Gasteiger partial charge is 0.243 e. The van der Waals surface area contributed by atoms with E-state index in [2.05, 4.69) is 26.6 Å². The van der Waals surface area contributed by atoms with Crippen molar-refractivity contribution in [3.8, 4) is 0 Å². The lowest BCUT2D eigenvalue weighted by Gasteiger charge is -2.17. The molecule has 0 aliphatic carbocycles. The quantitative estimate of drug-likeness (QED) is 0.755. The maximum absolute atomic E-state index is 12.7. The fourth-order valence-corrected chi connectivity index (χ4v) is 4.75. The molecule has 0 spiro atoms. The highest BCUT2D eigenvalue weighted by Crippen LogP contribution is 2.29. The van der Waals surface area contributed by atoms with E-state index in [1.54, 1.807) is 6.07 Å². The fraction of sp³-hybridized carbons (Fsp3) is 0.500. The molecule has 1 aromatic rings. The Bertz CT molecular complexity index is 669. The van der Waals surface area contributed by atoms with Gasteiger partial charge in [-0.2, -0.15) is 4.31 Å². The van der Waals surface area contributed by atoms with E-state index in [4.69, 9.17) is 0 Å². The summed E-state index contributed by atoms with van der Waals surface area (Å²) in [4.78, 5) is 11.3. The molecule has 1 heterocycles. The Labute approximate surface area is 151 Å². The number of rotatable bonds is 5. The van der Waals surface area contributed by atoms with Crippen LogP contribution in [0.2, 0.25) is 0 Å². The molecule has 9 heteroatoms. The van der Waals surface area contributed by atoms with Crippen LogP contribution in [-0.4, -0.2) is 45.3 Å². The van der Waals surface area contributed by atoms with Crippen LogP contribution in [0.3, 0.4) is 0 Å². The van der Waals surface area contributed by atoms with Gasteiger partial charge >= 0.3 is 0 Å². The minimum absolute atomic E-state index is 0. The summed E-state index contributed by atoms with van der Waals surface area (Å²) in [6.45, 7) is 3.30. The second-order valence-electron chi connectivity index (χ2n) is 5.40. The minimum Gasteiger partial charge on any atom is -0.325 e. The van der Waals surface area contributed by atoms with Crippen molar-refractivity contribution in [2.24, 2.45) is 5.92 Å². The molecule has 0 saturated carbocycles. The van der Waals surface area contributed by atoms with Crippen molar-refractivity contribution in [1.82, 2.24) is 9.62 Å². The first-order chi connectivity index (χ1) is 10.3. The van der Waals surface area contributed by atoms with Gasteiger partial charge in [0.2, 0.25) is 15.9 Å². The van der Waals surface area contributed by atoms with Crippen molar-refractivity contribution in [2.45, 2.75) is 18.2 Å². The minimum atomic E-state index is -3.49. The highest BCUT2D eigenvalue weighted by atomic mass is 79.9. The number of nitrogens with one attached hydrogen (secondary N) is 2. The molecule has 1 aliphatic rings. The summed E-state index contributed by atoms with van der Waals surface area (Å²) < 4.78 is 27.4. The van der Waals surface area contributed by atoms with E-state index in [1.165, 1.54) is 23.4 Å². The van der Waals surface area contributed by atoms with E-state index in [9.17, 15) is 13.2 Å². The lowest BCUT2D eigenvalue weighted by Crippen LogP contribution is -2.30.